The Labute approximate surface area is 149 Å². The first-order valence-corrected chi connectivity index (χ1v) is 8.60. The highest BCUT2D eigenvalue weighted by Gasteiger charge is 2.23. The number of carbonyl (C=O) groups is 1. The van der Waals surface area contributed by atoms with Gasteiger partial charge < -0.3 is 20.9 Å². The third-order valence-corrected chi connectivity index (χ3v) is 4.65. The molecule has 1 aliphatic heterocycles. The van der Waals surface area contributed by atoms with Crippen LogP contribution in [0.4, 0.5) is 5.82 Å². The van der Waals surface area contributed by atoms with Crippen molar-refractivity contribution in [3.05, 3.63) is 18.0 Å². The first-order chi connectivity index (χ1) is 12.7. The number of carbonyl (C=O) groups excluding carboxylic acids is 1. The van der Waals surface area contributed by atoms with Gasteiger partial charge in [-0.05, 0) is 42.7 Å². The number of pyridine rings is 1. The minimum Gasteiger partial charge on any atom is -0.379 e. The second kappa shape index (κ2) is 6.71. The van der Waals surface area contributed by atoms with Gasteiger partial charge in [0.25, 0.3) is 5.91 Å². The molecule has 4 rings (SSSR count). The van der Waals surface area contributed by atoms with Crippen LogP contribution in [0, 0.1) is 5.92 Å². The predicted octanol–water partition coefficient (Wildman–Crippen LogP) is 0.423. The lowest BCUT2D eigenvalue weighted by Crippen LogP contribution is -2.30. The van der Waals surface area contributed by atoms with E-state index in [0.29, 0.717) is 47.1 Å². The summed E-state index contributed by atoms with van der Waals surface area (Å²) in [4.78, 5) is 21.5. The van der Waals surface area contributed by atoms with E-state index in [4.69, 9.17) is 5.73 Å². The Morgan fingerprint density at radius 1 is 1.46 bits per heavy atom. The largest absolute Gasteiger partial charge is 0.379 e. The zero-order valence-electron chi connectivity index (χ0n) is 14.4. The molecule has 0 spiro atoms. The number of aromatic nitrogens is 5. The number of aryl methyl sites for hydroxylation is 1. The van der Waals surface area contributed by atoms with Gasteiger partial charge in [0.2, 0.25) is 0 Å². The number of nitrogen functional groups attached to an aromatic ring is 1. The van der Waals surface area contributed by atoms with Crippen LogP contribution in [0.2, 0.25) is 0 Å². The second-order valence-corrected chi connectivity index (χ2v) is 6.30. The van der Waals surface area contributed by atoms with Crippen molar-refractivity contribution in [2.75, 3.05) is 25.4 Å². The number of nitrogens with one attached hydrogen (secondary N) is 2. The molecule has 10 nitrogen and oxygen atoms in total. The summed E-state index contributed by atoms with van der Waals surface area (Å²) < 4.78 is 6.56. The molecular weight excluding hydrogens is 336 g/mol. The molecule has 1 amide bonds. The van der Waals surface area contributed by atoms with E-state index in [1.807, 2.05) is 11.5 Å². The van der Waals surface area contributed by atoms with Gasteiger partial charge in [-0.25, -0.2) is 9.61 Å². The number of hydrogen-bond acceptors (Lipinski definition) is 8. The van der Waals surface area contributed by atoms with Gasteiger partial charge in [-0.3, -0.25) is 9.78 Å². The van der Waals surface area contributed by atoms with Gasteiger partial charge >= 0.3 is 0 Å². The molecule has 4 N–H and O–H groups in total. The molecule has 0 aromatic carbocycles. The van der Waals surface area contributed by atoms with Crippen molar-refractivity contribution in [3.8, 4) is 11.5 Å². The number of amides is 1. The van der Waals surface area contributed by atoms with Gasteiger partial charge in [0.1, 0.15) is 5.52 Å². The topological polar surface area (TPSA) is 137 Å². The summed E-state index contributed by atoms with van der Waals surface area (Å²) in [6, 6.07) is 0. The van der Waals surface area contributed by atoms with Crippen molar-refractivity contribution in [1.82, 2.24) is 35.5 Å². The number of fused-ring (bicyclic) bond motifs is 1. The van der Waals surface area contributed by atoms with Crippen LogP contribution in [0.15, 0.2) is 17.0 Å². The Morgan fingerprint density at radius 3 is 3.04 bits per heavy atom. The summed E-state index contributed by atoms with van der Waals surface area (Å²) in [6.45, 7) is 5.10. The first kappa shape index (κ1) is 16.5. The van der Waals surface area contributed by atoms with Crippen LogP contribution in [0.25, 0.3) is 22.6 Å². The van der Waals surface area contributed by atoms with E-state index in [0.717, 1.165) is 19.5 Å². The third kappa shape index (κ3) is 2.77. The first-order valence-electron chi connectivity index (χ1n) is 8.60. The maximum atomic E-state index is 12.8. The molecule has 0 aliphatic carbocycles. The lowest BCUT2D eigenvalue weighted by atomic mass is 10.1. The Hall–Kier alpha value is -3.01. The number of rotatable bonds is 5. The smallest absolute Gasteiger partial charge is 0.255 e. The van der Waals surface area contributed by atoms with Crippen molar-refractivity contribution in [2.45, 2.75) is 19.9 Å². The van der Waals surface area contributed by atoms with E-state index in [2.05, 4.69) is 35.5 Å². The van der Waals surface area contributed by atoms with E-state index in [1.165, 1.54) is 0 Å². The van der Waals surface area contributed by atoms with Gasteiger partial charge in [-0.2, -0.15) is 0 Å². The molecule has 10 heteroatoms. The molecular formula is C16H20N8O2. The summed E-state index contributed by atoms with van der Waals surface area (Å²) in [6.07, 6.45) is 4.25. The normalized spacial score (nSPS) is 17.0. The number of hydrogen-bond donors (Lipinski definition) is 3. The molecule has 26 heavy (non-hydrogen) atoms. The number of anilines is 1. The van der Waals surface area contributed by atoms with Crippen LogP contribution in [0.5, 0.6) is 0 Å². The van der Waals surface area contributed by atoms with E-state index in [-0.39, 0.29) is 11.7 Å². The van der Waals surface area contributed by atoms with Crippen LogP contribution in [0.1, 0.15) is 23.7 Å². The summed E-state index contributed by atoms with van der Waals surface area (Å²) in [5.74, 6) is 0.951. The van der Waals surface area contributed by atoms with Gasteiger partial charge in [-0.15, -0.1) is 0 Å². The fourth-order valence-electron chi connectivity index (χ4n) is 3.31. The van der Waals surface area contributed by atoms with Crippen LogP contribution in [0.3, 0.4) is 0 Å². The fourth-order valence-corrected chi connectivity index (χ4v) is 3.31. The maximum absolute atomic E-state index is 12.8. The third-order valence-electron chi connectivity index (χ3n) is 4.65. The van der Waals surface area contributed by atoms with Crippen molar-refractivity contribution in [2.24, 2.45) is 5.92 Å². The molecule has 3 aromatic rings. The van der Waals surface area contributed by atoms with Gasteiger partial charge in [0.05, 0.1) is 17.3 Å². The molecule has 0 bridgehead atoms. The fraction of sp³-hybridized carbons (Fsp3) is 0.438. The van der Waals surface area contributed by atoms with Crippen LogP contribution in [-0.2, 0) is 6.54 Å². The summed E-state index contributed by atoms with van der Waals surface area (Å²) in [5.41, 5.74) is 7.93. The molecule has 136 valence electrons. The molecule has 3 aromatic heterocycles. The van der Waals surface area contributed by atoms with Crippen LogP contribution in [-0.4, -0.2) is 50.4 Å². The monoisotopic (exact) mass is 356 g/mol. The zero-order valence-corrected chi connectivity index (χ0v) is 14.4. The average Bonchev–Trinajstić information content (AvgIpc) is 3.38. The minimum atomic E-state index is -0.164. The lowest BCUT2D eigenvalue weighted by Gasteiger charge is -2.11. The Morgan fingerprint density at radius 2 is 2.35 bits per heavy atom. The standard InChI is InChI=1S/C16H20N8O2/c1-2-24-13-10(16(25)20-6-9-3-4-18-5-9)7-19-8-11(13)21-15(24)12-14(17)23-26-22-12/h7-9,18H,2-6H2,1H3,(H2,17,23)(H,20,25)/t9-/m0/s1. The Kier molecular flexibility index (Phi) is 4.25. The lowest BCUT2D eigenvalue weighted by molar-refractivity contribution is 0.0949. The number of nitrogens with zero attached hydrogens (tertiary/aromatic N) is 5. The van der Waals surface area contributed by atoms with E-state index in [9.17, 15) is 4.79 Å². The van der Waals surface area contributed by atoms with Crippen molar-refractivity contribution in [1.29, 1.82) is 0 Å². The Balaban J connectivity index is 1.72. The van der Waals surface area contributed by atoms with Crippen LogP contribution < -0.4 is 16.4 Å². The second-order valence-electron chi connectivity index (χ2n) is 6.30. The molecule has 4 heterocycles. The molecule has 1 aliphatic rings. The van der Waals surface area contributed by atoms with Crippen LogP contribution >= 0.6 is 0 Å². The van der Waals surface area contributed by atoms with E-state index < -0.39 is 0 Å². The zero-order chi connectivity index (χ0) is 18.1. The highest BCUT2D eigenvalue weighted by atomic mass is 16.6. The van der Waals surface area contributed by atoms with E-state index >= 15 is 0 Å². The summed E-state index contributed by atoms with van der Waals surface area (Å²) in [5, 5.41) is 13.7. The quantitative estimate of drug-likeness (QED) is 0.598. The molecule has 1 saturated heterocycles. The molecule has 1 atom stereocenters. The number of imidazole rings is 1. The molecule has 0 saturated carbocycles. The minimum absolute atomic E-state index is 0.155. The summed E-state index contributed by atoms with van der Waals surface area (Å²) in [7, 11) is 0. The summed E-state index contributed by atoms with van der Waals surface area (Å²) >= 11 is 0. The molecule has 0 radical (unpaired) electrons. The maximum Gasteiger partial charge on any atom is 0.255 e. The van der Waals surface area contributed by atoms with Gasteiger partial charge in [0, 0.05) is 19.3 Å². The number of nitrogens with two attached hydrogens (primary N) is 1. The molecule has 0 unspecified atom stereocenters. The van der Waals surface area contributed by atoms with Crippen molar-refractivity contribution in [3.63, 3.8) is 0 Å². The highest BCUT2D eigenvalue weighted by Crippen LogP contribution is 2.28. The molecule has 1 fully saturated rings. The van der Waals surface area contributed by atoms with Gasteiger partial charge in [-0.1, -0.05) is 0 Å². The predicted molar refractivity (Wildman–Crippen MR) is 94.2 cm³/mol. The Bertz CT molecular complexity index is 941. The average molecular weight is 356 g/mol. The van der Waals surface area contributed by atoms with Crippen molar-refractivity contribution < 1.29 is 9.42 Å². The highest BCUT2D eigenvalue weighted by molar-refractivity contribution is 6.05. The SMILES string of the molecule is CCn1c(-c2nonc2N)nc2cncc(C(=O)NC[C@H]3CCNC3)c21. The van der Waals surface area contributed by atoms with Crippen molar-refractivity contribution >= 4 is 22.8 Å². The van der Waals surface area contributed by atoms with E-state index in [1.54, 1.807) is 12.4 Å². The van der Waals surface area contributed by atoms with Gasteiger partial charge in [0.15, 0.2) is 17.3 Å².